The Balaban J connectivity index is 2.49. The number of amides is 1. The van der Waals surface area contributed by atoms with Gasteiger partial charge in [0.15, 0.2) is 0 Å². The molecule has 28 heavy (non-hydrogen) atoms. The summed E-state index contributed by atoms with van der Waals surface area (Å²) in [4.78, 5) is 11.8. The lowest BCUT2D eigenvalue weighted by molar-refractivity contribution is -0.120. The molecule has 6 heteroatoms. The Morgan fingerprint density at radius 3 is 2.21 bits per heavy atom. The second kappa shape index (κ2) is 13.2. The molecular weight excluding hydrogens is 469 g/mol. The van der Waals surface area contributed by atoms with Gasteiger partial charge in [-0.2, -0.15) is 0 Å². The minimum Gasteiger partial charge on any atom is -0.508 e. The molecule has 0 aromatic heterocycles. The van der Waals surface area contributed by atoms with E-state index in [2.05, 4.69) is 34.8 Å². The summed E-state index contributed by atoms with van der Waals surface area (Å²) in [6, 6.07) is 4.43. The number of benzene rings is 1. The number of aromatic hydroxyl groups is 2. The maximum absolute atomic E-state index is 11.8. The number of aliphatic hydroxyl groups is 1. The molecule has 5 nitrogen and oxygen atoms in total. The van der Waals surface area contributed by atoms with E-state index in [-0.39, 0.29) is 17.4 Å². The minimum atomic E-state index is -0.751. The zero-order valence-electron chi connectivity index (χ0n) is 17.2. The third-order valence-corrected chi connectivity index (χ3v) is 6.31. The maximum atomic E-state index is 11.8. The standard InChI is InChI=1S/C22H36INO4/c1-17(11-9-7-5-3-4-6-8-10-14-25)16-22(23,24-18(2)26)20-15-19(27)12-13-21(20)28/h12-13,15,17,25,27-28H,3-11,14,16H2,1-2H3,(H,24,26). The molecule has 4 N–H and O–H groups in total. The molecule has 0 bridgehead atoms. The summed E-state index contributed by atoms with van der Waals surface area (Å²) in [6.07, 6.45) is 11.1. The normalized spacial score (nSPS) is 14.4. The largest absolute Gasteiger partial charge is 0.508 e. The summed E-state index contributed by atoms with van der Waals surface area (Å²) >= 11 is 2.18. The van der Waals surface area contributed by atoms with Crippen molar-refractivity contribution in [3.63, 3.8) is 0 Å². The van der Waals surface area contributed by atoms with E-state index in [0.29, 0.717) is 24.5 Å². The first kappa shape index (κ1) is 25.0. The van der Waals surface area contributed by atoms with Gasteiger partial charge in [0.25, 0.3) is 0 Å². The Morgan fingerprint density at radius 2 is 1.64 bits per heavy atom. The summed E-state index contributed by atoms with van der Waals surface area (Å²) in [6.45, 7) is 3.94. The van der Waals surface area contributed by atoms with Crippen LogP contribution in [-0.4, -0.2) is 27.8 Å². The summed E-state index contributed by atoms with van der Waals surface area (Å²) in [5.41, 5.74) is 0.540. The van der Waals surface area contributed by atoms with Crippen molar-refractivity contribution < 1.29 is 20.1 Å². The van der Waals surface area contributed by atoms with Gasteiger partial charge in [-0.15, -0.1) is 0 Å². The van der Waals surface area contributed by atoms with E-state index in [1.165, 1.54) is 57.2 Å². The monoisotopic (exact) mass is 505 g/mol. The Bertz CT molecular complexity index is 596. The quantitative estimate of drug-likeness (QED) is 0.0902. The van der Waals surface area contributed by atoms with Gasteiger partial charge in [-0.05, 0) is 59.5 Å². The number of phenolic OH excluding ortho intramolecular Hbond substituents is 2. The number of hydrogen-bond acceptors (Lipinski definition) is 4. The lowest BCUT2D eigenvalue weighted by atomic mass is 9.91. The Hall–Kier alpha value is -1.02. The number of rotatable bonds is 14. The third-order valence-electron chi connectivity index (χ3n) is 5.02. The second-order valence-electron chi connectivity index (χ2n) is 7.83. The van der Waals surface area contributed by atoms with Gasteiger partial charge in [0.05, 0.1) is 0 Å². The summed E-state index contributed by atoms with van der Waals surface area (Å²) in [5.74, 6) is 0.362. The van der Waals surface area contributed by atoms with Crippen LogP contribution in [-0.2, 0) is 8.34 Å². The van der Waals surface area contributed by atoms with E-state index in [0.717, 1.165) is 25.7 Å². The third kappa shape index (κ3) is 9.45. The van der Waals surface area contributed by atoms with E-state index < -0.39 is 3.55 Å². The number of aliphatic hydroxyl groups excluding tert-OH is 1. The van der Waals surface area contributed by atoms with Gasteiger partial charge in [-0.3, -0.25) is 4.79 Å². The van der Waals surface area contributed by atoms with Crippen LogP contribution in [0.5, 0.6) is 11.5 Å². The average molecular weight is 505 g/mol. The van der Waals surface area contributed by atoms with Crippen LogP contribution in [0.4, 0.5) is 0 Å². The topological polar surface area (TPSA) is 89.8 Å². The molecule has 0 saturated heterocycles. The molecular formula is C22H36INO4. The van der Waals surface area contributed by atoms with Crippen LogP contribution in [0.25, 0.3) is 0 Å². The molecule has 2 atom stereocenters. The molecule has 0 fully saturated rings. The molecule has 0 aliphatic rings. The van der Waals surface area contributed by atoms with Gasteiger partial charge >= 0.3 is 0 Å². The van der Waals surface area contributed by atoms with Crippen LogP contribution in [0, 0.1) is 5.92 Å². The predicted octanol–water partition coefficient (Wildman–Crippen LogP) is 5.35. The number of halogens is 1. The average Bonchev–Trinajstić information content (AvgIpc) is 2.61. The summed E-state index contributed by atoms with van der Waals surface area (Å²) < 4.78 is -0.751. The van der Waals surface area contributed by atoms with Crippen molar-refractivity contribution in [2.75, 3.05) is 6.61 Å². The maximum Gasteiger partial charge on any atom is 0.218 e. The van der Waals surface area contributed by atoms with Crippen molar-refractivity contribution in [3.8, 4) is 11.5 Å². The van der Waals surface area contributed by atoms with Crippen molar-refractivity contribution in [2.45, 2.75) is 81.6 Å². The number of phenols is 2. The zero-order valence-corrected chi connectivity index (χ0v) is 19.4. The van der Waals surface area contributed by atoms with E-state index in [1.807, 2.05) is 0 Å². The Kier molecular flexibility index (Phi) is 11.8. The number of carbonyl (C=O) groups excluding carboxylic acids is 1. The molecule has 2 unspecified atom stereocenters. The summed E-state index contributed by atoms with van der Waals surface area (Å²) in [7, 11) is 0. The van der Waals surface area contributed by atoms with Crippen molar-refractivity contribution in [3.05, 3.63) is 23.8 Å². The van der Waals surface area contributed by atoms with Crippen LogP contribution in [0.3, 0.4) is 0 Å². The summed E-state index contributed by atoms with van der Waals surface area (Å²) in [5, 5.41) is 31.8. The van der Waals surface area contributed by atoms with E-state index in [1.54, 1.807) is 0 Å². The molecule has 1 amide bonds. The smallest absolute Gasteiger partial charge is 0.218 e. The van der Waals surface area contributed by atoms with Crippen LogP contribution >= 0.6 is 22.6 Å². The van der Waals surface area contributed by atoms with Crippen LogP contribution in [0.1, 0.15) is 83.6 Å². The molecule has 160 valence electrons. The Morgan fingerprint density at radius 1 is 1.07 bits per heavy atom. The van der Waals surface area contributed by atoms with Gasteiger partial charge in [0.1, 0.15) is 15.0 Å². The zero-order chi connectivity index (χ0) is 21.0. The van der Waals surface area contributed by atoms with E-state index >= 15 is 0 Å². The lowest BCUT2D eigenvalue weighted by Gasteiger charge is -2.32. The number of hydrogen-bond donors (Lipinski definition) is 4. The van der Waals surface area contributed by atoms with Gasteiger partial charge in [0, 0.05) is 19.1 Å². The Labute approximate surface area is 183 Å². The number of alkyl halides is 1. The molecule has 0 radical (unpaired) electrons. The fourth-order valence-corrected chi connectivity index (χ4v) is 5.16. The molecule has 1 rings (SSSR count). The van der Waals surface area contributed by atoms with Gasteiger partial charge < -0.3 is 20.6 Å². The fraction of sp³-hybridized carbons (Fsp3) is 0.682. The highest BCUT2D eigenvalue weighted by molar-refractivity contribution is 14.1. The van der Waals surface area contributed by atoms with Crippen molar-refractivity contribution in [1.29, 1.82) is 0 Å². The van der Waals surface area contributed by atoms with Gasteiger partial charge in [-0.1, -0.05) is 58.3 Å². The van der Waals surface area contributed by atoms with Gasteiger partial charge in [0.2, 0.25) is 5.91 Å². The lowest BCUT2D eigenvalue weighted by Crippen LogP contribution is -2.41. The molecule has 0 heterocycles. The minimum absolute atomic E-state index is 0.0748. The number of unbranched alkanes of at least 4 members (excludes halogenated alkanes) is 7. The highest BCUT2D eigenvalue weighted by atomic mass is 127. The highest BCUT2D eigenvalue weighted by Gasteiger charge is 2.34. The molecule has 0 saturated carbocycles. The van der Waals surface area contributed by atoms with Crippen molar-refractivity contribution in [1.82, 2.24) is 5.32 Å². The number of carbonyl (C=O) groups is 1. The SMILES string of the molecule is CC(=O)NC(I)(CC(C)CCCCCCCCCCO)c1cc(O)ccc1O. The second-order valence-corrected chi connectivity index (χ2v) is 9.68. The first-order valence-electron chi connectivity index (χ1n) is 10.4. The molecule has 0 aliphatic carbocycles. The van der Waals surface area contributed by atoms with Crippen molar-refractivity contribution in [2.24, 2.45) is 5.92 Å². The highest BCUT2D eigenvalue weighted by Crippen LogP contribution is 2.42. The first-order valence-corrected chi connectivity index (χ1v) is 11.5. The van der Waals surface area contributed by atoms with Crippen LogP contribution in [0.2, 0.25) is 0 Å². The molecule has 0 spiro atoms. The fourth-order valence-electron chi connectivity index (χ4n) is 3.60. The van der Waals surface area contributed by atoms with Gasteiger partial charge in [-0.25, -0.2) is 0 Å². The van der Waals surface area contributed by atoms with Crippen LogP contribution < -0.4 is 5.32 Å². The molecule has 1 aromatic rings. The number of nitrogens with one attached hydrogen (secondary N) is 1. The van der Waals surface area contributed by atoms with Crippen molar-refractivity contribution >= 4 is 28.5 Å². The molecule has 0 aliphatic heterocycles. The van der Waals surface area contributed by atoms with E-state index in [4.69, 9.17) is 5.11 Å². The van der Waals surface area contributed by atoms with E-state index in [9.17, 15) is 15.0 Å². The predicted molar refractivity (Wildman–Crippen MR) is 122 cm³/mol. The van der Waals surface area contributed by atoms with Crippen LogP contribution in [0.15, 0.2) is 18.2 Å². The first-order chi connectivity index (χ1) is 13.3. The molecule has 1 aromatic carbocycles.